The lowest BCUT2D eigenvalue weighted by Gasteiger charge is -2.53. The van der Waals surface area contributed by atoms with Crippen LogP contribution in [0.4, 0.5) is 0 Å². The van der Waals surface area contributed by atoms with E-state index in [1.165, 1.54) is 6.33 Å². The maximum absolute atomic E-state index is 12.0. The Morgan fingerprint density at radius 1 is 1.27 bits per heavy atom. The highest BCUT2D eigenvalue weighted by Gasteiger charge is 2.62. The summed E-state index contributed by atoms with van der Waals surface area (Å²) >= 11 is 6.31. The molecular formula is C22H24ClN3O4. The Kier molecular flexibility index (Phi) is 4.63. The number of fused-ring (bicyclic) bond motifs is 2. The van der Waals surface area contributed by atoms with Gasteiger partial charge in [-0.05, 0) is 24.1 Å². The van der Waals surface area contributed by atoms with E-state index in [4.69, 9.17) is 25.8 Å². The molecule has 1 aliphatic carbocycles. The van der Waals surface area contributed by atoms with E-state index >= 15 is 0 Å². The Balaban J connectivity index is 1.76. The fourth-order valence-electron chi connectivity index (χ4n) is 5.57. The molecule has 2 fully saturated rings. The van der Waals surface area contributed by atoms with Crippen molar-refractivity contribution >= 4 is 34.6 Å². The summed E-state index contributed by atoms with van der Waals surface area (Å²) in [7, 11) is 0. The van der Waals surface area contributed by atoms with Crippen LogP contribution in [0.2, 0.25) is 5.15 Å². The van der Waals surface area contributed by atoms with Gasteiger partial charge in [-0.2, -0.15) is 0 Å². The summed E-state index contributed by atoms with van der Waals surface area (Å²) < 4.78 is 20.1. The lowest BCUT2D eigenvalue weighted by Crippen LogP contribution is -2.55. The van der Waals surface area contributed by atoms with E-state index in [0.717, 1.165) is 35.0 Å². The van der Waals surface area contributed by atoms with Gasteiger partial charge in [0.15, 0.2) is 0 Å². The molecule has 0 N–H and O–H groups in total. The molecule has 1 unspecified atom stereocenters. The number of carbonyl (C=O) groups is 1. The van der Waals surface area contributed by atoms with Gasteiger partial charge in [-0.15, -0.1) is 0 Å². The van der Waals surface area contributed by atoms with Gasteiger partial charge in [-0.25, -0.2) is 9.97 Å². The molecule has 30 heavy (non-hydrogen) atoms. The number of allylic oxidation sites excluding steroid dienone is 3. The van der Waals surface area contributed by atoms with Gasteiger partial charge in [-0.1, -0.05) is 38.4 Å². The number of nitrogens with zero attached hydrogens (tertiary/aromatic N) is 3. The first-order chi connectivity index (χ1) is 14.5. The molecule has 8 heteroatoms. The van der Waals surface area contributed by atoms with E-state index in [2.05, 4.69) is 30.7 Å². The number of ether oxygens (including phenoxy) is 3. The Hall–Kier alpha value is -2.06. The summed E-state index contributed by atoms with van der Waals surface area (Å²) in [6, 6.07) is 1.92. The van der Waals surface area contributed by atoms with Gasteiger partial charge in [0.25, 0.3) is 0 Å². The number of carbonyl (C=O) groups excluding carboxylic acids is 1. The predicted molar refractivity (Wildman–Crippen MR) is 112 cm³/mol. The molecule has 2 aromatic heterocycles. The smallest absolute Gasteiger partial charge is 0.149 e. The Morgan fingerprint density at radius 2 is 2.10 bits per heavy atom. The molecule has 0 bridgehead atoms. The molecule has 2 aliphatic heterocycles. The monoisotopic (exact) mass is 429 g/mol. The number of rotatable bonds is 4. The first-order valence-electron chi connectivity index (χ1n) is 10.2. The summed E-state index contributed by atoms with van der Waals surface area (Å²) in [5.74, 6) is 0. The van der Waals surface area contributed by atoms with Crippen molar-refractivity contribution in [3.63, 3.8) is 0 Å². The highest BCUT2D eigenvalue weighted by molar-refractivity contribution is 6.34. The molecule has 7 nitrogen and oxygen atoms in total. The van der Waals surface area contributed by atoms with E-state index in [1.807, 2.05) is 29.0 Å². The summed E-state index contributed by atoms with van der Waals surface area (Å²) in [6.45, 7) is 7.07. The summed E-state index contributed by atoms with van der Waals surface area (Å²) in [6.07, 6.45) is 8.41. The first kappa shape index (κ1) is 19.9. The second-order valence-electron chi connectivity index (χ2n) is 8.54. The molecule has 0 radical (unpaired) electrons. The average molecular weight is 430 g/mol. The van der Waals surface area contributed by atoms with Crippen LogP contribution >= 0.6 is 11.6 Å². The third-order valence-corrected chi connectivity index (χ3v) is 7.53. The van der Waals surface area contributed by atoms with Crippen molar-refractivity contribution < 1.29 is 19.0 Å². The fourth-order valence-corrected chi connectivity index (χ4v) is 5.77. The van der Waals surface area contributed by atoms with Crippen LogP contribution in [0.5, 0.6) is 0 Å². The van der Waals surface area contributed by atoms with Crippen molar-refractivity contribution in [2.24, 2.45) is 10.8 Å². The zero-order valence-corrected chi connectivity index (χ0v) is 17.9. The Labute approximate surface area is 179 Å². The van der Waals surface area contributed by atoms with Gasteiger partial charge in [-0.3, -0.25) is 4.79 Å². The standard InChI is InChI=1S/C22H24ClN3O4/c1-4-22(18-17-15(10-28-18)29-12-30-17)16(6-5-13(9-27)21(22,2)3)26-8-7-14-19(23)24-11-25-20(14)26/h5-9,11,15,17-18H,4,10,12H2,1-3H3/t15-,17-,18-,22?/m1/s1. The van der Waals surface area contributed by atoms with Gasteiger partial charge in [0.1, 0.15) is 42.4 Å². The SMILES string of the molecule is CCC1([C@@H]2OC[C@H]3OCO[C@@H]23)C(n2ccc3c(Cl)ncnc32)=CC=C(C=O)C1(C)C. The molecule has 4 atom stereocenters. The van der Waals surface area contributed by atoms with Crippen molar-refractivity contribution in [2.75, 3.05) is 13.4 Å². The van der Waals surface area contributed by atoms with Crippen LogP contribution in [0, 0.1) is 10.8 Å². The zero-order valence-electron chi connectivity index (χ0n) is 17.2. The summed E-state index contributed by atoms with van der Waals surface area (Å²) in [5, 5.41) is 1.18. The van der Waals surface area contributed by atoms with Gasteiger partial charge >= 0.3 is 0 Å². The van der Waals surface area contributed by atoms with E-state index in [9.17, 15) is 4.79 Å². The largest absolute Gasteiger partial charge is 0.372 e. The average Bonchev–Trinajstić information content (AvgIpc) is 3.44. The Bertz CT molecular complexity index is 1080. The molecule has 2 saturated heterocycles. The minimum absolute atomic E-state index is 0.0979. The predicted octanol–water partition coefficient (Wildman–Crippen LogP) is 3.63. The molecule has 0 spiro atoms. The van der Waals surface area contributed by atoms with Crippen LogP contribution in [0.25, 0.3) is 16.7 Å². The number of hydrogen-bond donors (Lipinski definition) is 0. The fraction of sp³-hybridized carbons (Fsp3) is 0.500. The van der Waals surface area contributed by atoms with E-state index in [0.29, 0.717) is 11.8 Å². The topological polar surface area (TPSA) is 75.5 Å². The van der Waals surface area contributed by atoms with Crippen molar-refractivity contribution in [1.29, 1.82) is 0 Å². The molecule has 0 aromatic carbocycles. The van der Waals surface area contributed by atoms with Gasteiger partial charge in [0.05, 0.1) is 18.1 Å². The lowest BCUT2D eigenvalue weighted by atomic mass is 9.53. The highest BCUT2D eigenvalue weighted by Crippen LogP contribution is 2.60. The third kappa shape index (κ3) is 2.46. The second kappa shape index (κ2) is 6.99. The van der Waals surface area contributed by atoms with Gasteiger partial charge in [0, 0.05) is 22.7 Å². The van der Waals surface area contributed by atoms with Crippen molar-refractivity contribution in [2.45, 2.75) is 45.5 Å². The number of aromatic nitrogens is 3. The Morgan fingerprint density at radius 3 is 2.87 bits per heavy atom. The molecule has 0 saturated carbocycles. The number of aldehydes is 1. The van der Waals surface area contributed by atoms with E-state index < -0.39 is 10.8 Å². The highest BCUT2D eigenvalue weighted by atomic mass is 35.5. The third-order valence-electron chi connectivity index (χ3n) is 7.22. The number of hydrogen-bond acceptors (Lipinski definition) is 6. The second-order valence-corrected chi connectivity index (χ2v) is 8.90. The maximum atomic E-state index is 12.0. The van der Waals surface area contributed by atoms with Crippen molar-refractivity contribution in [3.8, 4) is 0 Å². The minimum atomic E-state index is -0.561. The molecule has 5 rings (SSSR count). The molecule has 158 valence electrons. The molecule has 4 heterocycles. The van der Waals surface area contributed by atoms with Gasteiger partial charge < -0.3 is 18.8 Å². The number of halogens is 1. The van der Waals surface area contributed by atoms with Crippen molar-refractivity contribution in [3.05, 3.63) is 41.5 Å². The van der Waals surface area contributed by atoms with Crippen LogP contribution in [0.15, 0.2) is 36.3 Å². The normalized spacial score (nSPS) is 32.7. The molecule has 0 amide bonds. The maximum Gasteiger partial charge on any atom is 0.149 e. The minimum Gasteiger partial charge on any atom is -0.372 e. The zero-order chi connectivity index (χ0) is 21.1. The molecule has 2 aromatic rings. The summed E-state index contributed by atoms with van der Waals surface area (Å²) in [5.41, 5.74) is 1.35. The lowest BCUT2D eigenvalue weighted by molar-refractivity contribution is -0.113. The van der Waals surface area contributed by atoms with Crippen LogP contribution in [0.3, 0.4) is 0 Å². The van der Waals surface area contributed by atoms with Gasteiger partial charge in [0.2, 0.25) is 0 Å². The van der Waals surface area contributed by atoms with Crippen LogP contribution in [-0.2, 0) is 19.0 Å². The molecule has 3 aliphatic rings. The van der Waals surface area contributed by atoms with E-state index in [1.54, 1.807) is 0 Å². The van der Waals surface area contributed by atoms with Crippen LogP contribution in [0.1, 0.15) is 27.2 Å². The first-order valence-corrected chi connectivity index (χ1v) is 10.5. The van der Waals surface area contributed by atoms with Crippen molar-refractivity contribution in [1.82, 2.24) is 14.5 Å². The molecular weight excluding hydrogens is 406 g/mol. The quantitative estimate of drug-likeness (QED) is 0.545. The van der Waals surface area contributed by atoms with E-state index in [-0.39, 0.29) is 25.1 Å². The summed E-state index contributed by atoms with van der Waals surface area (Å²) in [4.78, 5) is 20.6. The van der Waals surface area contributed by atoms with Crippen LogP contribution < -0.4 is 0 Å². The van der Waals surface area contributed by atoms with Crippen LogP contribution in [-0.4, -0.2) is 52.5 Å².